The molecule has 0 radical (unpaired) electrons. The predicted octanol–water partition coefficient (Wildman–Crippen LogP) is 7.40. The maximum Gasteiger partial charge on any atom is 0.234 e. The maximum atomic E-state index is 4.69. The Balaban J connectivity index is 1.90. The quantitative estimate of drug-likeness (QED) is 0.395. The van der Waals surface area contributed by atoms with Crippen molar-refractivity contribution < 1.29 is 0 Å². The number of benzene rings is 1. The third-order valence-corrected chi connectivity index (χ3v) is 6.09. The number of imidazole rings is 1. The van der Waals surface area contributed by atoms with E-state index in [0.717, 1.165) is 35.5 Å². The van der Waals surface area contributed by atoms with Crippen LogP contribution in [0.25, 0.3) is 22.6 Å². The summed E-state index contributed by atoms with van der Waals surface area (Å²) < 4.78 is 1.95. The van der Waals surface area contributed by atoms with E-state index in [1.165, 1.54) is 27.8 Å². The van der Waals surface area contributed by atoms with Gasteiger partial charge in [0.2, 0.25) is 5.78 Å². The number of nitrogens with zero attached hydrogens (tertiary/aromatic N) is 3. The number of hydrogen-bond donors (Lipinski definition) is 1. The van der Waals surface area contributed by atoms with Crippen molar-refractivity contribution in [3.8, 4) is 0 Å². The molecule has 0 aliphatic carbocycles. The predicted molar refractivity (Wildman–Crippen MR) is 142 cm³/mol. The molecule has 2 aromatic heterocycles. The topological polar surface area (TPSA) is 42.2 Å². The molecule has 3 rings (SSSR count). The molecule has 1 unspecified atom stereocenters. The standard InChI is InChI=1S/C29H38N4/c1-11-23-20(5)24(19(4)17-29(8,9)10)12-13-25(23)21(6)31-22(7)26-16-27(18(2)3)33-15-14-30-28(33)32-26/h12-16,21,31H,2,4,7,11,17H2,1,3,5-6,8-10H3. The van der Waals surface area contributed by atoms with Crippen molar-refractivity contribution in [3.05, 3.63) is 84.0 Å². The molecule has 0 amide bonds. The summed E-state index contributed by atoms with van der Waals surface area (Å²) in [4.78, 5) is 9.06. The lowest BCUT2D eigenvalue weighted by Crippen LogP contribution is -2.20. The Morgan fingerprint density at radius 1 is 1.18 bits per heavy atom. The molecule has 33 heavy (non-hydrogen) atoms. The van der Waals surface area contributed by atoms with Crippen LogP contribution in [0.5, 0.6) is 0 Å². The van der Waals surface area contributed by atoms with Crippen molar-refractivity contribution in [3.63, 3.8) is 0 Å². The van der Waals surface area contributed by atoms with Gasteiger partial charge in [-0.25, -0.2) is 9.97 Å². The van der Waals surface area contributed by atoms with Gasteiger partial charge < -0.3 is 5.32 Å². The third kappa shape index (κ3) is 5.27. The molecule has 2 heterocycles. The molecule has 0 bridgehead atoms. The molecule has 1 aromatic carbocycles. The molecular weight excluding hydrogens is 404 g/mol. The lowest BCUT2D eigenvalue weighted by molar-refractivity contribution is 0.427. The fourth-order valence-electron chi connectivity index (χ4n) is 4.57. The second-order valence-electron chi connectivity index (χ2n) is 10.2. The van der Waals surface area contributed by atoms with E-state index in [2.05, 4.69) is 83.7 Å². The normalized spacial score (nSPS) is 12.6. The Hall–Kier alpha value is -3.14. The molecule has 1 atom stereocenters. The summed E-state index contributed by atoms with van der Waals surface area (Å²) in [6, 6.07) is 6.57. The van der Waals surface area contributed by atoms with Crippen LogP contribution in [0.4, 0.5) is 0 Å². The molecule has 0 saturated heterocycles. The smallest absolute Gasteiger partial charge is 0.234 e. The lowest BCUT2D eigenvalue weighted by Gasteiger charge is -2.25. The summed E-state index contributed by atoms with van der Waals surface area (Å²) in [6.45, 7) is 28.2. The van der Waals surface area contributed by atoms with Gasteiger partial charge in [0, 0.05) is 18.4 Å². The van der Waals surface area contributed by atoms with Crippen molar-refractivity contribution >= 4 is 22.6 Å². The number of rotatable bonds is 8. The largest absolute Gasteiger partial charge is 0.377 e. The highest BCUT2D eigenvalue weighted by molar-refractivity contribution is 5.70. The van der Waals surface area contributed by atoms with E-state index in [9.17, 15) is 0 Å². The van der Waals surface area contributed by atoms with Crippen LogP contribution < -0.4 is 5.32 Å². The van der Waals surface area contributed by atoms with Gasteiger partial charge in [0.05, 0.1) is 17.1 Å². The van der Waals surface area contributed by atoms with Crippen molar-refractivity contribution in [1.82, 2.24) is 19.7 Å². The second-order valence-corrected chi connectivity index (χ2v) is 10.2. The van der Waals surface area contributed by atoms with E-state index in [4.69, 9.17) is 4.98 Å². The number of aromatic nitrogens is 3. The molecular formula is C29H38N4. The van der Waals surface area contributed by atoms with E-state index in [-0.39, 0.29) is 11.5 Å². The van der Waals surface area contributed by atoms with Gasteiger partial charge in [-0.3, -0.25) is 4.40 Å². The molecule has 0 spiro atoms. The van der Waals surface area contributed by atoms with E-state index in [0.29, 0.717) is 5.78 Å². The van der Waals surface area contributed by atoms with Gasteiger partial charge in [0.1, 0.15) is 0 Å². The Labute approximate surface area is 199 Å². The SMILES string of the molecule is C=C(NC(C)c1ccc(C(=C)CC(C)(C)C)c(C)c1CC)c1cc(C(=C)C)n2ccnc2n1. The highest BCUT2D eigenvalue weighted by Crippen LogP contribution is 2.34. The first-order valence-corrected chi connectivity index (χ1v) is 11.7. The van der Waals surface area contributed by atoms with Gasteiger partial charge in [-0.05, 0) is 78.5 Å². The number of nitrogens with one attached hydrogen (secondary N) is 1. The van der Waals surface area contributed by atoms with Crippen molar-refractivity contribution in [2.24, 2.45) is 5.41 Å². The van der Waals surface area contributed by atoms with Crippen LogP contribution in [0, 0.1) is 12.3 Å². The van der Waals surface area contributed by atoms with Crippen LogP contribution in [0.3, 0.4) is 0 Å². The molecule has 0 aliphatic rings. The van der Waals surface area contributed by atoms with E-state index in [1.54, 1.807) is 6.20 Å². The van der Waals surface area contributed by atoms with Crippen LogP contribution in [0.15, 0.2) is 50.3 Å². The maximum absolute atomic E-state index is 4.69. The number of allylic oxidation sites excluding steroid dienone is 2. The van der Waals surface area contributed by atoms with Gasteiger partial charge in [0.25, 0.3) is 0 Å². The van der Waals surface area contributed by atoms with Gasteiger partial charge >= 0.3 is 0 Å². The summed E-state index contributed by atoms with van der Waals surface area (Å²) in [5, 5.41) is 3.58. The fraction of sp³-hybridized carbons (Fsp3) is 0.379. The Kier molecular flexibility index (Phi) is 6.97. The van der Waals surface area contributed by atoms with Gasteiger partial charge in [-0.15, -0.1) is 0 Å². The minimum Gasteiger partial charge on any atom is -0.377 e. The van der Waals surface area contributed by atoms with E-state index >= 15 is 0 Å². The monoisotopic (exact) mass is 442 g/mol. The molecule has 4 heteroatoms. The summed E-state index contributed by atoms with van der Waals surface area (Å²) in [7, 11) is 0. The van der Waals surface area contributed by atoms with Crippen LogP contribution in [0.2, 0.25) is 0 Å². The minimum absolute atomic E-state index is 0.0853. The molecule has 0 aliphatic heterocycles. The van der Waals surface area contributed by atoms with Crippen LogP contribution in [-0.4, -0.2) is 14.4 Å². The van der Waals surface area contributed by atoms with Crippen molar-refractivity contribution in [2.45, 2.75) is 67.3 Å². The minimum atomic E-state index is 0.0853. The zero-order chi connectivity index (χ0) is 24.5. The van der Waals surface area contributed by atoms with E-state index in [1.807, 2.05) is 23.6 Å². The average Bonchev–Trinajstić information content (AvgIpc) is 3.19. The first kappa shape index (κ1) is 24.5. The Morgan fingerprint density at radius 3 is 2.48 bits per heavy atom. The van der Waals surface area contributed by atoms with Crippen molar-refractivity contribution in [1.29, 1.82) is 0 Å². The van der Waals surface area contributed by atoms with E-state index < -0.39 is 0 Å². The molecule has 174 valence electrons. The van der Waals surface area contributed by atoms with Gasteiger partial charge in [-0.1, -0.05) is 59.6 Å². The molecule has 4 nitrogen and oxygen atoms in total. The fourth-order valence-corrected chi connectivity index (χ4v) is 4.57. The summed E-state index contributed by atoms with van der Waals surface area (Å²) >= 11 is 0. The molecule has 1 N–H and O–H groups in total. The summed E-state index contributed by atoms with van der Waals surface area (Å²) in [6.07, 6.45) is 5.60. The van der Waals surface area contributed by atoms with Gasteiger partial charge in [-0.2, -0.15) is 0 Å². The molecule has 0 saturated carbocycles. The van der Waals surface area contributed by atoms with Crippen LogP contribution >= 0.6 is 0 Å². The first-order chi connectivity index (χ1) is 15.4. The summed E-state index contributed by atoms with van der Waals surface area (Å²) in [5.74, 6) is 0.646. The van der Waals surface area contributed by atoms with Gasteiger partial charge in [0.15, 0.2) is 0 Å². The highest BCUT2D eigenvalue weighted by Gasteiger charge is 2.19. The summed E-state index contributed by atoms with van der Waals surface area (Å²) in [5.41, 5.74) is 10.2. The lowest BCUT2D eigenvalue weighted by atomic mass is 9.82. The van der Waals surface area contributed by atoms with Crippen LogP contribution in [0.1, 0.15) is 87.6 Å². The highest BCUT2D eigenvalue weighted by atomic mass is 15.1. The number of fused-ring (bicyclic) bond motifs is 1. The number of hydrogen-bond acceptors (Lipinski definition) is 3. The van der Waals surface area contributed by atoms with Crippen molar-refractivity contribution in [2.75, 3.05) is 0 Å². The third-order valence-electron chi connectivity index (χ3n) is 6.09. The Bertz CT molecular complexity index is 1220. The Morgan fingerprint density at radius 2 is 1.88 bits per heavy atom. The second kappa shape index (κ2) is 9.38. The zero-order valence-electron chi connectivity index (χ0n) is 21.3. The average molecular weight is 443 g/mol. The zero-order valence-corrected chi connectivity index (χ0v) is 21.3. The first-order valence-electron chi connectivity index (χ1n) is 11.7. The molecule has 3 aromatic rings. The molecule has 0 fully saturated rings. The van der Waals surface area contributed by atoms with Crippen LogP contribution in [-0.2, 0) is 6.42 Å².